The molecule has 0 atom stereocenters. The molecule has 0 fully saturated rings. The van der Waals surface area contributed by atoms with Crippen LogP contribution in [0.1, 0.15) is 12.7 Å². The second-order valence-electron chi connectivity index (χ2n) is 7.08. The Balaban J connectivity index is 1.39. The normalized spacial score (nSPS) is 10.8. The van der Waals surface area contributed by atoms with Crippen molar-refractivity contribution in [2.24, 2.45) is 0 Å². The summed E-state index contributed by atoms with van der Waals surface area (Å²) in [6, 6.07) is 19.5. The van der Waals surface area contributed by atoms with E-state index in [2.05, 4.69) is 30.6 Å². The fraction of sp³-hybridized carbons (Fsp3) is 0.125. The standard InChI is InChI=1S/C24H21N7O2/c1-2-32-24-30-22(26-14-18-9-6-12-33-18)29-23(31-24)27-17-8-5-7-16(13-17)21-15-25-19-10-3-4-11-20(19)28-21/h3-13,15H,2,14H2,1H3,(H2,26,27,29,30,31). The summed E-state index contributed by atoms with van der Waals surface area (Å²) in [6.07, 6.45) is 3.39. The average molecular weight is 439 g/mol. The Kier molecular flexibility index (Phi) is 5.75. The predicted octanol–water partition coefficient (Wildman–Crippen LogP) is 4.83. The number of hydrogen-bond acceptors (Lipinski definition) is 9. The summed E-state index contributed by atoms with van der Waals surface area (Å²) in [5.41, 5.74) is 4.21. The minimum Gasteiger partial charge on any atom is -0.467 e. The molecule has 0 aliphatic heterocycles. The molecule has 0 bridgehead atoms. The molecule has 0 radical (unpaired) electrons. The molecule has 2 N–H and O–H groups in total. The van der Waals surface area contributed by atoms with E-state index < -0.39 is 0 Å². The van der Waals surface area contributed by atoms with Gasteiger partial charge < -0.3 is 19.8 Å². The molecular weight excluding hydrogens is 418 g/mol. The number of nitrogens with zero attached hydrogens (tertiary/aromatic N) is 5. The largest absolute Gasteiger partial charge is 0.467 e. The highest BCUT2D eigenvalue weighted by Gasteiger charge is 2.10. The zero-order valence-corrected chi connectivity index (χ0v) is 17.9. The molecule has 9 nitrogen and oxygen atoms in total. The van der Waals surface area contributed by atoms with E-state index in [9.17, 15) is 0 Å². The van der Waals surface area contributed by atoms with Gasteiger partial charge in [-0.3, -0.25) is 4.98 Å². The summed E-state index contributed by atoms with van der Waals surface area (Å²) in [4.78, 5) is 22.4. The van der Waals surface area contributed by atoms with E-state index in [-0.39, 0.29) is 6.01 Å². The van der Waals surface area contributed by atoms with E-state index in [1.807, 2.05) is 67.6 Å². The second kappa shape index (κ2) is 9.31. The van der Waals surface area contributed by atoms with Gasteiger partial charge in [-0.05, 0) is 43.3 Å². The third-order valence-electron chi connectivity index (χ3n) is 4.75. The molecule has 0 saturated carbocycles. The first kappa shape index (κ1) is 20.4. The highest BCUT2D eigenvalue weighted by atomic mass is 16.5. The van der Waals surface area contributed by atoms with Crippen molar-refractivity contribution in [1.29, 1.82) is 0 Å². The first-order valence-electron chi connectivity index (χ1n) is 10.5. The lowest BCUT2D eigenvalue weighted by molar-refractivity contribution is 0.312. The van der Waals surface area contributed by atoms with Crippen molar-refractivity contribution >= 4 is 28.6 Å². The Bertz CT molecular complexity index is 1370. The number of aromatic nitrogens is 5. The summed E-state index contributed by atoms with van der Waals surface area (Å²) in [7, 11) is 0. The minimum atomic E-state index is 0.230. The van der Waals surface area contributed by atoms with Crippen LogP contribution in [0.5, 0.6) is 6.01 Å². The second-order valence-corrected chi connectivity index (χ2v) is 7.08. The lowest BCUT2D eigenvalue weighted by Crippen LogP contribution is -2.09. The number of furan rings is 1. The molecule has 9 heteroatoms. The van der Waals surface area contributed by atoms with Crippen LogP contribution in [0.3, 0.4) is 0 Å². The molecule has 5 aromatic rings. The molecule has 2 aromatic carbocycles. The van der Waals surface area contributed by atoms with Crippen molar-refractivity contribution in [3.8, 4) is 17.3 Å². The average Bonchev–Trinajstić information content (AvgIpc) is 3.37. The maximum absolute atomic E-state index is 5.51. The van der Waals surface area contributed by atoms with Crippen molar-refractivity contribution in [3.05, 3.63) is 78.9 Å². The van der Waals surface area contributed by atoms with Crippen LogP contribution in [0, 0.1) is 0 Å². The smallest absolute Gasteiger partial charge is 0.323 e. The number of rotatable bonds is 8. The topological polar surface area (TPSA) is 111 Å². The van der Waals surface area contributed by atoms with Gasteiger partial charge in [-0.15, -0.1) is 0 Å². The van der Waals surface area contributed by atoms with Crippen molar-refractivity contribution in [1.82, 2.24) is 24.9 Å². The van der Waals surface area contributed by atoms with Gasteiger partial charge in [-0.1, -0.05) is 24.3 Å². The quantitative estimate of drug-likeness (QED) is 0.351. The molecule has 5 rings (SSSR count). The van der Waals surface area contributed by atoms with E-state index in [4.69, 9.17) is 14.1 Å². The van der Waals surface area contributed by atoms with Gasteiger partial charge in [0.2, 0.25) is 11.9 Å². The summed E-state index contributed by atoms with van der Waals surface area (Å²) >= 11 is 0. The third-order valence-corrected chi connectivity index (χ3v) is 4.75. The van der Waals surface area contributed by atoms with Gasteiger partial charge in [0.1, 0.15) is 5.76 Å². The number of hydrogen-bond donors (Lipinski definition) is 2. The number of fused-ring (bicyclic) bond motifs is 1. The maximum Gasteiger partial charge on any atom is 0.323 e. The van der Waals surface area contributed by atoms with Crippen molar-refractivity contribution in [3.63, 3.8) is 0 Å². The molecule has 0 unspecified atom stereocenters. The maximum atomic E-state index is 5.51. The Morgan fingerprint density at radius 2 is 1.76 bits per heavy atom. The van der Waals surface area contributed by atoms with Gasteiger partial charge >= 0.3 is 6.01 Å². The molecule has 33 heavy (non-hydrogen) atoms. The molecule has 3 heterocycles. The molecule has 0 aliphatic rings. The van der Waals surface area contributed by atoms with Gasteiger partial charge in [-0.2, -0.15) is 15.0 Å². The van der Waals surface area contributed by atoms with Gasteiger partial charge in [0, 0.05) is 11.3 Å². The van der Waals surface area contributed by atoms with Crippen LogP contribution in [0.2, 0.25) is 0 Å². The third kappa shape index (κ3) is 4.87. The molecule has 164 valence electrons. The number of para-hydroxylation sites is 2. The number of nitrogens with one attached hydrogen (secondary N) is 2. The van der Waals surface area contributed by atoms with E-state index in [1.54, 1.807) is 12.5 Å². The van der Waals surface area contributed by atoms with E-state index >= 15 is 0 Å². The van der Waals surface area contributed by atoms with Gasteiger partial charge in [-0.25, -0.2) is 4.98 Å². The van der Waals surface area contributed by atoms with Crippen LogP contribution in [-0.2, 0) is 6.54 Å². The molecule has 0 amide bonds. The molecule has 0 spiro atoms. The SMILES string of the molecule is CCOc1nc(NCc2ccco2)nc(Nc2cccc(-c3cnc4ccccc4n3)c2)n1. The summed E-state index contributed by atoms with van der Waals surface area (Å²) in [6.45, 7) is 2.76. The van der Waals surface area contributed by atoms with E-state index in [1.165, 1.54) is 0 Å². The zero-order chi connectivity index (χ0) is 22.5. The predicted molar refractivity (Wildman–Crippen MR) is 125 cm³/mol. The van der Waals surface area contributed by atoms with Crippen molar-refractivity contribution in [2.45, 2.75) is 13.5 Å². The molecule has 3 aromatic heterocycles. The minimum absolute atomic E-state index is 0.230. The van der Waals surface area contributed by atoms with Crippen LogP contribution in [0.4, 0.5) is 17.6 Å². The van der Waals surface area contributed by atoms with Crippen LogP contribution in [0.25, 0.3) is 22.3 Å². The van der Waals surface area contributed by atoms with Crippen molar-refractivity contribution in [2.75, 3.05) is 17.2 Å². The Hall–Kier alpha value is -4.53. The Labute approximate surface area is 189 Å². The lowest BCUT2D eigenvalue weighted by Gasteiger charge is -2.11. The summed E-state index contributed by atoms with van der Waals surface area (Å²) in [5, 5.41) is 6.36. The van der Waals surface area contributed by atoms with Gasteiger partial charge in [0.05, 0.1) is 42.3 Å². The molecule has 0 aliphatic carbocycles. The fourth-order valence-corrected chi connectivity index (χ4v) is 3.25. The monoisotopic (exact) mass is 439 g/mol. The molecule has 0 saturated heterocycles. The Morgan fingerprint density at radius 3 is 2.61 bits per heavy atom. The summed E-state index contributed by atoms with van der Waals surface area (Å²) in [5.74, 6) is 1.51. The van der Waals surface area contributed by atoms with Gasteiger partial charge in [0.15, 0.2) is 0 Å². The zero-order valence-electron chi connectivity index (χ0n) is 17.9. The van der Waals surface area contributed by atoms with Crippen LogP contribution >= 0.6 is 0 Å². The van der Waals surface area contributed by atoms with Crippen molar-refractivity contribution < 1.29 is 9.15 Å². The highest BCUT2D eigenvalue weighted by molar-refractivity contribution is 5.77. The number of anilines is 3. The van der Waals surface area contributed by atoms with Gasteiger partial charge in [0.25, 0.3) is 0 Å². The first-order valence-corrected chi connectivity index (χ1v) is 10.5. The van der Waals surface area contributed by atoms with E-state index in [0.29, 0.717) is 25.0 Å². The number of benzene rings is 2. The molecular formula is C24H21N7O2. The Morgan fingerprint density at radius 1 is 0.879 bits per heavy atom. The highest BCUT2D eigenvalue weighted by Crippen LogP contribution is 2.24. The van der Waals surface area contributed by atoms with Crippen LogP contribution in [-0.4, -0.2) is 31.5 Å². The number of ether oxygens (including phenoxy) is 1. The lowest BCUT2D eigenvalue weighted by atomic mass is 10.1. The first-order chi connectivity index (χ1) is 16.3. The summed E-state index contributed by atoms with van der Waals surface area (Å²) < 4.78 is 10.9. The fourth-order valence-electron chi connectivity index (χ4n) is 3.25. The van der Waals surface area contributed by atoms with E-state index in [0.717, 1.165) is 33.7 Å². The van der Waals surface area contributed by atoms with Crippen LogP contribution in [0.15, 0.2) is 77.5 Å². The van der Waals surface area contributed by atoms with Crippen LogP contribution < -0.4 is 15.4 Å².